The van der Waals surface area contributed by atoms with Gasteiger partial charge in [0.25, 0.3) is 0 Å². The average Bonchev–Trinajstić information content (AvgIpc) is 2.41. The molecule has 0 unspecified atom stereocenters. The molecule has 1 aromatic rings. The van der Waals surface area contributed by atoms with Gasteiger partial charge in [0, 0.05) is 43.2 Å². The number of carbonyl (C=O) groups is 1. The van der Waals surface area contributed by atoms with Crippen LogP contribution in [0.5, 0.6) is 0 Å². The molecule has 3 nitrogen and oxygen atoms in total. The lowest BCUT2D eigenvalue weighted by molar-refractivity contribution is -0.131. The number of hydrogen-bond acceptors (Lipinski definition) is 3. The molecule has 0 spiro atoms. The van der Waals surface area contributed by atoms with Gasteiger partial charge < -0.3 is 10.2 Å². The van der Waals surface area contributed by atoms with E-state index in [0.29, 0.717) is 6.42 Å². The molecule has 1 saturated heterocycles. The number of nitrogens with zero attached hydrogens (tertiary/aromatic N) is 1. The topological polar surface area (TPSA) is 32.3 Å². The number of amides is 1. The molecule has 0 radical (unpaired) electrons. The van der Waals surface area contributed by atoms with Crippen molar-refractivity contribution in [3.05, 3.63) is 30.3 Å². The summed E-state index contributed by atoms with van der Waals surface area (Å²) in [5.74, 6) is 1.15. The quantitative estimate of drug-likeness (QED) is 0.824. The van der Waals surface area contributed by atoms with Crippen LogP contribution in [0.4, 0.5) is 0 Å². The summed E-state index contributed by atoms with van der Waals surface area (Å²) in [7, 11) is 0. The molecule has 4 heteroatoms. The third-order valence-electron chi connectivity index (χ3n) is 2.80. The van der Waals surface area contributed by atoms with Crippen molar-refractivity contribution in [1.29, 1.82) is 0 Å². The highest BCUT2D eigenvalue weighted by Crippen LogP contribution is 2.18. The van der Waals surface area contributed by atoms with Crippen molar-refractivity contribution in [3.8, 4) is 0 Å². The van der Waals surface area contributed by atoms with E-state index < -0.39 is 0 Å². The highest BCUT2D eigenvalue weighted by Gasteiger charge is 2.15. The summed E-state index contributed by atoms with van der Waals surface area (Å²) < 4.78 is 0. The molecule has 1 aliphatic heterocycles. The molecule has 17 heavy (non-hydrogen) atoms. The monoisotopic (exact) mass is 250 g/mol. The Bertz CT molecular complexity index is 350. The summed E-state index contributed by atoms with van der Waals surface area (Å²) in [6.07, 6.45) is 0.638. The highest BCUT2D eigenvalue weighted by atomic mass is 32.2. The molecule has 1 amide bonds. The van der Waals surface area contributed by atoms with E-state index in [2.05, 4.69) is 17.4 Å². The number of carbonyl (C=O) groups excluding carboxylic acids is 1. The molecule has 92 valence electrons. The first-order chi connectivity index (χ1) is 8.36. The Hall–Kier alpha value is -1.00. The first-order valence-corrected chi connectivity index (χ1v) is 7.01. The second-order valence-electron chi connectivity index (χ2n) is 4.04. The highest BCUT2D eigenvalue weighted by molar-refractivity contribution is 7.99. The molecular formula is C13H18N2OS. The van der Waals surface area contributed by atoms with Crippen LogP contribution in [0, 0.1) is 0 Å². The van der Waals surface area contributed by atoms with E-state index in [1.165, 1.54) is 4.90 Å². The summed E-state index contributed by atoms with van der Waals surface area (Å²) in [6.45, 7) is 3.57. The van der Waals surface area contributed by atoms with Gasteiger partial charge in [-0.2, -0.15) is 0 Å². The Kier molecular flexibility index (Phi) is 4.88. The van der Waals surface area contributed by atoms with Gasteiger partial charge in [0.2, 0.25) is 5.91 Å². The standard InChI is InChI=1S/C13H18N2OS/c16-13(15-9-7-14-8-10-15)6-11-17-12-4-2-1-3-5-12/h1-5,14H,6-11H2. The fourth-order valence-electron chi connectivity index (χ4n) is 1.85. The summed E-state index contributed by atoms with van der Waals surface area (Å²) in [5, 5.41) is 3.25. The SMILES string of the molecule is O=C(CCSc1ccccc1)N1CCNCC1. The molecule has 2 rings (SSSR count). The van der Waals surface area contributed by atoms with Crippen LogP contribution >= 0.6 is 11.8 Å². The minimum atomic E-state index is 0.287. The minimum Gasteiger partial charge on any atom is -0.340 e. The zero-order chi connectivity index (χ0) is 11.9. The number of hydrogen-bond donors (Lipinski definition) is 1. The van der Waals surface area contributed by atoms with Crippen LogP contribution in [0.3, 0.4) is 0 Å². The molecule has 0 aliphatic carbocycles. The molecule has 0 bridgehead atoms. The number of rotatable bonds is 4. The fourth-order valence-corrected chi connectivity index (χ4v) is 2.71. The number of thioether (sulfide) groups is 1. The van der Waals surface area contributed by atoms with E-state index in [1.807, 2.05) is 23.1 Å². The number of piperazine rings is 1. The van der Waals surface area contributed by atoms with Crippen LogP contribution in [-0.2, 0) is 4.79 Å². The van der Waals surface area contributed by atoms with E-state index in [9.17, 15) is 4.79 Å². The molecule has 1 N–H and O–H groups in total. The Balaban J connectivity index is 1.69. The lowest BCUT2D eigenvalue weighted by Gasteiger charge is -2.27. The second kappa shape index (κ2) is 6.67. The minimum absolute atomic E-state index is 0.287. The van der Waals surface area contributed by atoms with Crippen molar-refractivity contribution in [1.82, 2.24) is 10.2 Å². The van der Waals surface area contributed by atoms with E-state index in [0.717, 1.165) is 31.9 Å². The normalized spacial score (nSPS) is 15.9. The first kappa shape index (κ1) is 12.5. The van der Waals surface area contributed by atoms with Gasteiger partial charge in [-0.3, -0.25) is 4.79 Å². The van der Waals surface area contributed by atoms with Gasteiger partial charge in [-0.15, -0.1) is 11.8 Å². The van der Waals surface area contributed by atoms with Crippen LogP contribution in [-0.4, -0.2) is 42.7 Å². The smallest absolute Gasteiger partial charge is 0.223 e. The van der Waals surface area contributed by atoms with Crippen LogP contribution in [0.15, 0.2) is 35.2 Å². The maximum absolute atomic E-state index is 11.9. The summed E-state index contributed by atoms with van der Waals surface area (Å²) >= 11 is 1.75. The Morgan fingerprint density at radius 3 is 2.65 bits per heavy atom. The number of benzene rings is 1. The van der Waals surface area contributed by atoms with Gasteiger partial charge in [0.1, 0.15) is 0 Å². The van der Waals surface area contributed by atoms with Crippen LogP contribution < -0.4 is 5.32 Å². The van der Waals surface area contributed by atoms with Gasteiger partial charge in [-0.1, -0.05) is 18.2 Å². The summed E-state index contributed by atoms with van der Waals surface area (Å²) in [4.78, 5) is 15.1. The van der Waals surface area contributed by atoms with Gasteiger partial charge in [0.05, 0.1) is 0 Å². The molecule has 0 atom stereocenters. The van der Waals surface area contributed by atoms with Gasteiger partial charge in [-0.25, -0.2) is 0 Å². The second-order valence-corrected chi connectivity index (χ2v) is 5.21. The van der Waals surface area contributed by atoms with Gasteiger partial charge in [0.15, 0.2) is 0 Å². The summed E-state index contributed by atoms with van der Waals surface area (Å²) in [6, 6.07) is 10.2. The van der Waals surface area contributed by atoms with Crippen LogP contribution in [0.2, 0.25) is 0 Å². The zero-order valence-electron chi connectivity index (χ0n) is 9.89. The predicted octanol–water partition coefficient (Wildman–Crippen LogP) is 1.60. The zero-order valence-corrected chi connectivity index (χ0v) is 10.7. The Labute approximate surface area is 107 Å². The molecule has 0 aromatic heterocycles. The van der Waals surface area contributed by atoms with Crippen LogP contribution in [0.1, 0.15) is 6.42 Å². The molecule has 1 aromatic carbocycles. The fraction of sp³-hybridized carbons (Fsp3) is 0.462. The predicted molar refractivity (Wildman–Crippen MR) is 71.2 cm³/mol. The Morgan fingerprint density at radius 1 is 1.24 bits per heavy atom. The Morgan fingerprint density at radius 2 is 1.94 bits per heavy atom. The lowest BCUT2D eigenvalue weighted by atomic mass is 10.3. The molecular weight excluding hydrogens is 232 g/mol. The van der Waals surface area contributed by atoms with Crippen molar-refractivity contribution >= 4 is 17.7 Å². The van der Waals surface area contributed by atoms with Crippen molar-refractivity contribution in [2.75, 3.05) is 31.9 Å². The van der Waals surface area contributed by atoms with E-state index in [-0.39, 0.29) is 5.91 Å². The van der Waals surface area contributed by atoms with E-state index in [1.54, 1.807) is 11.8 Å². The van der Waals surface area contributed by atoms with Crippen molar-refractivity contribution in [2.45, 2.75) is 11.3 Å². The molecule has 1 fully saturated rings. The lowest BCUT2D eigenvalue weighted by Crippen LogP contribution is -2.46. The maximum Gasteiger partial charge on any atom is 0.223 e. The van der Waals surface area contributed by atoms with Gasteiger partial charge in [-0.05, 0) is 12.1 Å². The average molecular weight is 250 g/mol. The number of nitrogens with one attached hydrogen (secondary N) is 1. The van der Waals surface area contributed by atoms with E-state index in [4.69, 9.17) is 0 Å². The van der Waals surface area contributed by atoms with Gasteiger partial charge >= 0.3 is 0 Å². The van der Waals surface area contributed by atoms with Crippen molar-refractivity contribution in [3.63, 3.8) is 0 Å². The maximum atomic E-state index is 11.9. The molecule has 1 aliphatic rings. The summed E-state index contributed by atoms with van der Waals surface area (Å²) in [5.41, 5.74) is 0. The largest absolute Gasteiger partial charge is 0.340 e. The first-order valence-electron chi connectivity index (χ1n) is 6.02. The van der Waals surface area contributed by atoms with E-state index >= 15 is 0 Å². The third-order valence-corrected chi connectivity index (χ3v) is 3.81. The molecule has 0 saturated carbocycles. The van der Waals surface area contributed by atoms with Crippen molar-refractivity contribution < 1.29 is 4.79 Å². The van der Waals surface area contributed by atoms with Crippen molar-refractivity contribution in [2.24, 2.45) is 0 Å². The molecule has 1 heterocycles. The third kappa shape index (κ3) is 4.06. The van der Waals surface area contributed by atoms with Crippen LogP contribution in [0.25, 0.3) is 0 Å².